The van der Waals surface area contributed by atoms with Crippen LogP contribution in [0, 0.1) is 0 Å². The van der Waals surface area contributed by atoms with Crippen molar-refractivity contribution < 1.29 is 23.5 Å². The molecule has 0 saturated heterocycles. The van der Waals surface area contributed by atoms with Gasteiger partial charge in [0.25, 0.3) is 0 Å². The smallest absolute Gasteiger partial charge is 0.313 e. The molecule has 0 aliphatic rings. The van der Waals surface area contributed by atoms with Gasteiger partial charge in [-0.15, -0.1) is 0 Å². The molecule has 3 aromatic rings. The first-order valence-corrected chi connectivity index (χ1v) is 8.97. The SMILES string of the molecule is CCOC(=O)[C@@H](CC)c1c(C(=O)c2ccc(OC)cc2)oc2ccccc12. The Kier molecular flexibility index (Phi) is 5.60. The lowest BCUT2D eigenvalue weighted by molar-refractivity contribution is -0.145. The van der Waals surface area contributed by atoms with E-state index in [0.29, 0.717) is 28.9 Å². The number of fused-ring (bicyclic) bond motifs is 1. The van der Waals surface area contributed by atoms with Crippen molar-refractivity contribution >= 4 is 22.7 Å². The third-order valence-electron chi connectivity index (χ3n) is 4.52. The van der Waals surface area contributed by atoms with Crippen LogP contribution in [-0.4, -0.2) is 25.5 Å². The highest BCUT2D eigenvalue weighted by Crippen LogP contribution is 2.36. The molecular weight excluding hydrogens is 344 g/mol. The molecule has 5 heteroatoms. The van der Waals surface area contributed by atoms with Crippen molar-refractivity contribution in [3.63, 3.8) is 0 Å². The van der Waals surface area contributed by atoms with E-state index in [1.165, 1.54) is 0 Å². The topological polar surface area (TPSA) is 65.7 Å². The van der Waals surface area contributed by atoms with Crippen molar-refractivity contribution in [2.75, 3.05) is 13.7 Å². The number of ketones is 1. The van der Waals surface area contributed by atoms with E-state index in [-0.39, 0.29) is 24.1 Å². The number of ether oxygens (including phenoxy) is 2. The fourth-order valence-electron chi connectivity index (χ4n) is 3.18. The second-order valence-corrected chi connectivity index (χ2v) is 6.11. The Morgan fingerprint density at radius 3 is 2.37 bits per heavy atom. The normalized spacial score (nSPS) is 12.0. The number of methoxy groups -OCH3 is 1. The molecule has 3 rings (SSSR count). The average molecular weight is 366 g/mol. The highest BCUT2D eigenvalue weighted by molar-refractivity contribution is 6.11. The van der Waals surface area contributed by atoms with Gasteiger partial charge in [-0.1, -0.05) is 25.1 Å². The zero-order chi connectivity index (χ0) is 19.4. The number of hydrogen-bond acceptors (Lipinski definition) is 5. The largest absolute Gasteiger partial charge is 0.497 e. The number of esters is 1. The summed E-state index contributed by atoms with van der Waals surface area (Å²) >= 11 is 0. The molecule has 0 unspecified atom stereocenters. The molecular formula is C22H22O5. The fraction of sp³-hybridized carbons (Fsp3) is 0.273. The van der Waals surface area contributed by atoms with E-state index in [1.807, 2.05) is 25.1 Å². The van der Waals surface area contributed by atoms with Crippen LogP contribution < -0.4 is 4.74 Å². The van der Waals surface area contributed by atoms with E-state index in [4.69, 9.17) is 13.9 Å². The van der Waals surface area contributed by atoms with Gasteiger partial charge >= 0.3 is 5.97 Å². The van der Waals surface area contributed by atoms with Crippen molar-refractivity contribution in [2.45, 2.75) is 26.2 Å². The fourth-order valence-corrected chi connectivity index (χ4v) is 3.18. The van der Waals surface area contributed by atoms with Gasteiger partial charge in [-0.05, 0) is 43.7 Å². The Bertz CT molecular complexity index is 952. The minimum atomic E-state index is -0.564. The van der Waals surface area contributed by atoms with Crippen LogP contribution in [0.3, 0.4) is 0 Å². The summed E-state index contributed by atoms with van der Waals surface area (Å²) in [5, 5.41) is 0.759. The van der Waals surface area contributed by atoms with Gasteiger partial charge < -0.3 is 13.9 Å². The predicted octanol–water partition coefficient (Wildman–Crippen LogP) is 4.73. The van der Waals surface area contributed by atoms with E-state index in [0.717, 1.165) is 5.39 Å². The van der Waals surface area contributed by atoms with Crippen molar-refractivity contribution in [1.29, 1.82) is 0 Å². The second kappa shape index (κ2) is 8.08. The summed E-state index contributed by atoms with van der Waals surface area (Å²) in [4.78, 5) is 25.7. The van der Waals surface area contributed by atoms with Crippen LogP contribution in [0.5, 0.6) is 5.75 Å². The number of para-hydroxylation sites is 1. The molecule has 0 N–H and O–H groups in total. The van der Waals surface area contributed by atoms with E-state index >= 15 is 0 Å². The van der Waals surface area contributed by atoms with Crippen LogP contribution in [0.25, 0.3) is 11.0 Å². The van der Waals surface area contributed by atoms with Gasteiger partial charge in [0.05, 0.1) is 19.6 Å². The molecule has 1 aromatic heterocycles. The average Bonchev–Trinajstić information content (AvgIpc) is 3.08. The summed E-state index contributed by atoms with van der Waals surface area (Å²) in [6.45, 7) is 3.94. The zero-order valence-electron chi connectivity index (χ0n) is 15.7. The molecule has 1 atom stereocenters. The number of furan rings is 1. The Morgan fingerprint density at radius 1 is 1.04 bits per heavy atom. The zero-order valence-corrected chi connectivity index (χ0v) is 15.7. The molecule has 5 nitrogen and oxygen atoms in total. The number of hydrogen-bond donors (Lipinski definition) is 0. The maximum Gasteiger partial charge on any atom is 0.313 e. The third kappa shape index (κ3) is 3.58. The molecule has 0 spiro atoms. The Hall–Kier alpha value is -3.08. The third-order valence-corrected chi connectivity index (χ3v) is 4.52. The van der Waals surface area contributed by atoms with Crippen molar-refractivity contribution in [2.24, 2.45) is 0 Å². The summed E-state index contributed by atoms with van der Waals surface area (Å²) < 4.78 is 16.3. The van der Waals surface area contributed by atoms with Crippen LogP contribution in [-0.2, 0) is 9.53 Å². The molecule has 0 aliphatic carbocycles. The van der Waals surface area contributed by atoms with Gasteiger partial charge in [-0.3, -0.25) is 9.59 Å². The molecule has 1 heterocycles. The summed E-state index contributed by atoms with van der Waals surface area (Å²) in [5.41, 5.74) is 1.63. The Morgan fingerprint density at radius 2 is 1.74 bits per heavy atom. The van der Waals surface area contributed by atoms with Gasteiger partial charge in [-0.2, -0.15) is 0 Å². The standard InChI is InChI=1S/C22H22O5/c1-4-16(22(24)26-5-2)19-17-8-6-7-9-18(17)27-21(19)20(23)14-10-12-15(25-3)13-11-14/h6-13,16H,4-5H2,1-3H3/t16-/m0/s1. The summed E-state index contributed by atoms with van der Waals surface area (Å²) in [7, 11) is 1.57. The van der Waals surface area contributed by atoms with E-state index < -0.39 is 5.92 Å². The van der Waals surface area contributed by atoms with Gasteiger partial charge in [-0.25, -0.2) is 0 Å². The highest BCUT2D eigenvalue weighted by atomic mass is 16.5. The molecule has 0 aliphatic heterocycles. The van der Waals surface area contributed by atoms with Crippen LogP contribution in [0.2, 0.25) is 0 Å². The molecule has 0 fully saturated rings. The summed E-state index contributed by atoms with van der Waals surface area (Å²) in [6.07, 6.45) is 0.505. The number of carbonyl (C=O) groups excluding carboxylic acids is 2. The lowest BCUT2D eigenvalue weighted by atomic mass is 9.91. The number of rotatable bonds is 7. The maximum absolute atomic E-state index is 13.2. The quantitative estimate of drug-likeness (QED) is 0.447. The van der Waals surface area contributed by atoms with Gasteiger partial charge in [0.15, 0.2) is 5.76 Å². The summed E-state index contributed by atoms with van der Waals surface area (Å²) in [6, 6.07) is 14.2. The Balaban J connectivity index is 2.13. The van der Waals surface area contributed by atoms with Gasteiger partial charge in [0.2, 0.25) is 5.78 Å². The van der Waals surface area contributed by atoms with E-state index in [1.54, 1.807) is 44.4 Å². The maximum atomic E-state index is 13.2. The second-order valence-electron chi connectivity index (χ2n) is 6.11. The predicted molar refractivity (Wildman–Crippen MR) is 102 cm³/mol. The van der Waals surface area contributed by atoms with Crippen LogP contribution in [0.1, 0.15) is 47.9 Å². The van der Waals surface area contributed by atoms with E-state index in [9.17, 15) is 9.59 Å². The number of carbonyl (C=O) groups is 2. The molecule has 0 radical (unpaired) electrons. The minimum Gasteiger partial charge on any atom is -0.497 e. The molecule has 140 valence electrons. The first-order valence-electron chi connectivity index (χ1n) is 8.97. The molecule has 0 saturated carbocycles. The van der Waals surface area contributed by atoms with Gasteiger partial charge in [0.1, 0.15) is 11.3 Å². The van der Waals surface area contributed by atoms with Crippen molar-refractivity contribution in [3.8, 4) is 5.75 Å². The monoisotopic (exact) mass is 366 g/mol. The molecule has 27 heavy (non-hydrogen) atoms. The van der Waals surface area contributed by atoms with Crippen LogP contribution in [0.4, 0.5) is 0 Å². The first kappa shape index (κ1) is 18.7. The lowest BCUT2D eigenvalue weighted by Gasteiger charge is -2.14. The van der Waals surface area contributed by atoms with E-state index in [2.05, 4.69) is 0 Å². The van der Waals surface area contributed by atoms with Crippen LogP contribution in [0.15, 0.2) is 52.9 Å². The molecule has 2 aromatic carbocycles. The van der Waals surface area contributed by atoms with Crippen molar-refractivity contribution in [1.82, 2.24) is 0 Å². The first-order chi connectivity index (χ1) is 13.1. The lowest BCUT2D eigenvalue weighted by Crippen LogP contribution is -2.17. The van der Waals surface area contributed by atoms with Gasteiger partial charge in [0, 0.05) is 16.5 Å². The summed E-state index contributed by atoms with van der Waals surface area (Å²) in [5.74, 6) is -0.344. The minimum absolute atomic E-state index is 0.182. The number of benzene rings is 2. The highest BCUT2D eigenvalue weighted by Gasteiger charge is 2.31. The molecule has 0 bridgehead atoms. The Labute approximate surface area is 157 Å². The van der Waals surface area contributed by atoms with Crippen LogP contribution >= 0.6 is 0 Å². The van der Waals surface area contributed by atoms with Crippen molar-refractivity contribution in [3.05, 3.63) is 65.4 Å². The molecule has 0 amide bonds.